The van der Waals surface area contributed by atoms with Crippen LogP contribution in [0.3, 0.4) is 0 Å². The molecular formula is C24H26ClNO4S. The maximum absolute atomic E-state index is 12.5. The lowest BCUT2D eigenvalue weighted by Crippen LogP contribution is -2.36. The van der Waals surface area contributed by atoms with Gasteiger partial charge in [-0.05, 0) is 66.3 Å². The van der Waals surface area contributed by atoms with E-state index >= 15 is 0 Å². The number of hydrogen-bond acceptors (Lipinski definition) is 5. The molecule has 2 aromatic rings. The molecule has 0 atom stereocenters. The van der Waals surface area contributed by atoms with E-state index in [9.17, 15) is 8.42 Å². The van der Waals surface area contributed by atoms with Crippen LogP contribution in [0.4, 0.5) is 0 Å². The summed E-state index contributed by atoms with van der Waals surface area (Å²) in [6.07, 6.45) is 4.39. The van der Waals surface area contributed by atoms with Gasteiger partial charge >= 0.3 is 10.1 Å². The number of allylic oxidation sites excluding steroid dienone is 2. The molecule has 31 heavy (non-hydrogen) atoms. The second-order valence-electron chi connectivity index (χ2n) is 7.68. The minimum Gasteiger partial charge on any atom is -0.382 e. The molecule has 0 aromatic heterocycles. The highest BCUT2D eigenvalue weighted by Crippen LogP contribution is 2.37. The number of ether oxygens (including phenoxy) is 1. The molecule has 0 radical (unpaired) electrons. The Kier molecular flexibility index (Phi) is 7.00. The minimum absolute atomic E-state index is 0.0424. The Labute approximate surface area is 189 Å². The van der Waals surface area contributed by atoms with Crippen molar-refractivity contribution in [3.8, 4) is 5.75 Å². The number of rotatable bonds is 7. The number of hydrogen-bond donors (Lipinski definition) is 0. The molecule has 0 unspecified atom stereocenters. The number of para-hydroxylation sites is 1. The van der Waals surface area contributed by atoms with E-state index in [1.165, 1.54) is 16.8 Å². The Hall–Kier alpha value is -2.28. The van der Waals surface area contributed by atoms with Crippen LogP contribution in [0.2, 0.25) is 5.02 Å². The fourth-order valence-corrected chi connectivity index (χ4v) is 5.13. The lowest BCUT2D eigenvalue weighted by atomic mass is 10.1. The number of nitrogens with zero attached hydrogens (tertiary/aromatic N) is 1. The smallest absolute Gasteiger partial charge is 0.309 e. The van der Waals surface area contributed by atoms with Crippen molar-refractivity contribution in [2.45, 2.75) is 19.3 Å². The molecule has 0 saturated carbocycles. The third-order valence-electron chi connectivity index (χ3n) is 5.49. The number of morpholine rings is 1. The van der Waals surface area contributed by atoms with E-state index in [1.54, 1.807) is 24.3 Å². The summed E-state index contributed by atoms with van der Waals surface area (Å²) >= 11 is 6.02. The van der Waals surface area contributed by atoms with Gasteiger partial charge in [0, 0.05) is 23.8 Å². The normalized spacial score (nSPS) is 18.6. The highest BCUT2D eigenvalue weighted by Gasteiger charge is 2.27. The zero-order valence-electron chi connectivity index (χ0n) is 17.3. The van der Waals surface area contributed by atoms with Crippen LogP contribution in [0.5, 0.6) is 5.75 Å². The van der Waals surface area contributed by atoms with Crippen LogP contribution in [0.15, 0.2) is 71.4 Å². The molecule has 4 rings (SSSR count). The second-order valence-corrected chi connectivity index (χ2v) is 9.81. The van der Waals surface area contributed by atoms with Gasteiger partial charge in [0.15, 0.2) is 0 Å². The van der Waals surface area contributed by atoms with Crippen molar-refractivity contribution in [3.05, 3.63) is 82.0 Å². The van der Waals surface area contributed by atoms with Crippen LogP contribution < -0.4 is 4.18 Å². The van der Waals surface area contributed by atoms with Crippen molar-refractivity contribution in [1.29, 1.82) is 0 Å². The van der Waals surface area contributed by atoms with Gasteiger partial charge in [0.2, 0.25) is 0 Å². The largest absolute Gasteiger partial charge is 0.382 e. The molecule has 0 bridgehead atoms. The average Bonchev–Trinajstić information content (AvgIpc) is 3.17. The van der Waals surface area contributed by atoms with Gasteiger partial charge in [-0.15, -0.1) is 0 Å². The van der Waals surface area contributed by atoms with Gasteiger partial charge < -0.3 is 13.8 Å². The van der Waals surface area contributed by atoms with Crippen LogP contribution in [-0.2, 0) is 14.9 Å². The van der Waals surface area contributed by atoms with Crippen molar-refractivity contribution < 1.29 is 17.3 Å². The maximum atomic E-state index is 12.5. The molecule has 1 aliphatic carbocycles. The molecule has 0 amide bonds. The van der Waals surface area contributed by atoms with E-state index in [2.05, 4.69) is 11.0 Å². The van der Waals surface area contributed by atoms with E-state index in [4.69, 9.17) is 20.5 Å². The van der Waals surface area contributed by atoms with Gasteiger partial charge in [-0.25, -0.2) is 0 Å². The predicted octanol–water partition coefficient (Wildman–Crippen LogP) is 4.90. The molecule has 0 spiro atoms. The van der Waals surface area contributed by atoms with Gasteiger partial charge in [-0.2, -0.15) is 8.42 Å². The zero-order valence-corrected chi connectivity index (χ0v) is 18.9. The molecule has 1 fully saturated rings. The standard InChI is InChI=1S/C24H26ClNO4S/c25-22-10-6-19(7-11-22)18-21-9-8-20(24(21)26-13-15-29-16-14-26)12-17-31(27,28)30-23-4-2-1-3-5-23/h1-7,10-11,18H,8-9,12-17H2. The highest BCUT2D eigenvalue weighted by atomic mass is 35.5. The molecule has 0 N–H and O–H groups in total. The fourth-order valence-electron chi connectivity index (χ4n) is 4.02. The first-order valence-electron chi connectivity index (χ1n) is 10.5. The summed E-state index contributed by atoms with van der Waals surface area (Å²) in [5, 5.41) is 0.710. The van der Waals surface area contributed by atoms with E-state index in [1.807, 2.05) is 30.3 Å². The first-order valence-corrected chi connectivity index (χ1v) is 12.4. The van der Waals surface area contributed by atoms with Gasteiger partial charge in [0.25, 0.3) is 0 Å². The highest BCUT2D eigenvalue weighted by molar-refractivity contribution is 7.87. The van der Waals surface area contributed by atoms with E-state index in [0.29, 0.717) is 30.4 Å². The van der Waals surface area contributed by atoms with Gasteiger partial charge in [-0.3, -0.25) is 0 Å². The predicted molar refractivity (Wildman–Crippen MR) is 124 cm³/mol. The van der Waals surface area contributed by atoms with Crippen LogP contribution in [0, 0.1) is 0 Å². The van der Waals surface area contributed by atoms with Gasteiger partial charge in [0.05, 0.1) is 19.0 Å². The Bertz CT molecular complexity index is 1060. The van der Waals surface area contributed by atoms with Crippen molar-refractivity contribution >= 4 is 27.8 Å². The second kappa shape index (κ2) is 9.90. The molecule has 164 valence electrons. The number of halogens is 1. The fraction of sp³-hybridized carbons (Fsp3) is 0.333. The van der Waals surface area contributed by atoms with Crippen LogP contribution in [0.25, 0.3) is 6.08 Å². The lowest BCUT2D eigenvalue weighted by Gasteiger charge is -2.32. The Morgan fingerprint density at radius 1 is 1.00 bits per heavy atom. The van der Waals surface area contributed by atoms with Crippen molar-refractivity contribution in [2.24, 2.45) is 0 Å². The summed E-state index contributed by atoms with van der Waals surface area (Å²) in [4.78, 5) is 2.33. The Morgan fingerprint density at radius 3 is 2.42 bits per heavy atom. The summed E-state index contributed by atoms with van der Waals surface area (Å²) in [5.41, 5.74) is 4.67. The molecule has 1 heterocycles. The summed E-state index contributed by atoms with van der Waals surface area (Å²) in [6.45, 7) is 2.98. The maximum Gasteiger partial charge on any atom is 0.309 e. The molecule has 5 nitrogen and oxygen atoms in total. The zero-order chi connectivity index (χ0) is 21.7. The first kappa shape index (κ1) is 21.9. The van der Waals surface area contributed by atoms with Crippen LogP contribution in [-0.4, -0.2) is 45.4 Å². The quantitative estimate of drug-likeness (QED) is 0.551. The summed E-state index contributed by atoms with van der Waals surface area (Å²) in [6, 6.07) is 16.4. The molecular weight excluding hydrogens is 434 g/mol. The Morgan fingerprint density at radius 2 is 1.71 bits per heavy atom. The molecule has 7 heteroatoms. The van der Waals surface area contributed by atoms with Gasteiger partial charge in [0.1, 0.15) is 5.75 Å². The van der Waals surface area contributed by atoms with Crippen LogP contribution in [0.1, 0.15) is 24.8 Å². The van der Waals surface area contributed by atoms with E-state index < -0.39 is 10.1 Å². The van der Waals surface area contributed by atoms with Gasteiger partial charge in [-0.1, -0.05) is 41.9 Å². The van der Waals surface area contributed by atoms with E-state index in [0.717, 1.165) is 31.5 Å². The van der Waals surface area contributed by atoms with Crippen molar-refractivity contribution in [1.82, 2.24) is 4.90 Å². The third-order valence-corrected chi connectivity index (χ3v) is 6.90. The third kappa shape index (κ3) is 5.91. The Balaban J connectivity index is 1.55. The SMILES string of the molecule is O=S(=O)(CCC1=C(N2CCOCC2)C(=Cc2ccc(Cl)cc2)CC1)Oc1ccccc1. The first-order chi connectivity index (χ1) is 15.0. The number of benzene rings is 2. The topological polar surface area (TPSA) is 55.8 Å². The lowest BCUT2D eigenvalue weighted by molar-refractivity contribution is 0.0546. The molecule has 1 saturated heterocycles. The van der Waals surface area contributed by atoms with Crippen LogP contribution >= 0.6 is 11.6 Å². The average molecular weight is 460 g/mol. The summed E-state index contributed by atoms with van der Waals surface area (Å²) in [5.74, 6) is 0.305. The van der Waals surface area contributed by atoms with Crippen molar-refractivity contribution in [2.75, 3.05) is 32.1 Å². The monoisotopic (exact) mass is 459 g/mol. The summed E-state index contributed by atoms with van der Waals surface area (Å²) in [7, 11) is -3.67. The minimum atomic E-state index is -3.67. The van der Waals surface area contributed by atoms with E-state index in [-0.39, 0.29) is 5.75 Å². The molecule has 1 aliphatic heterocycles. The molecule has 2 aliphatic rings. The summed E-state index contributed by atoms with van der Waals surface area (Å²) < 4.78 is 35.9. The molecule has 2 aromatic carbocycles. The van der Waals surface area contributed by atoms with Crippen molar-refractivity contribution in [3.63, 3.8) is 0 Å².